The molecule has 0 aliphatic heterocycles. The summed E-state index contributed by atoms with van der Waals surface area (Å²) in [6.45, 7) is 10.2. The normalized spacial score (nSPS) is 46.1. The third-order valence-electron chi connectivity index (χ3n) is 10.2. The van der Waals surface area contributed by atoms with E-state index >= 15 is 0 Å². The number of rotatable bonds is 5. The Kier molecular flexibility index (Phi) is 5.35. The molecular weight excluding hydrogens is 312 g/mol. The van der Waals surface area contributed by atoms with Gasteiger partial charge in [-0.3, -0.25) is 0 Å². The number of hydrogen-bond donors (Lipinski definition) is 0. The molecule has 26 heavy (non-hydrogen) atoms. The lowest BCUT2D eigenvalue weighted by Gasteiger charge is -2.57. The first kappa shape index (κ1) is 19.1. The Labute approximate surface area is 163 Å². The lowest BCUT2D eigenvalue weighted by molar-refractivity contribution is -0.0426. The highest BCUT2D eigenvalue weighted by atomic mass is 14.6. The van der Waals surface area contributed by atoms with Gasteiger partial charge in [0.25, 0.3) is 0 Å². The molecule has 0 aromatic rings. The van der Waals surface area contributed by atoms with Gasteiger partial charge in [-0.15, -0.1) is 0 Å². The molecule has 0 saturated heterocycles. The average molecular weight is 357 g/mol. The third-order valence-corrected chi connectivity index (χ3v) is 10.2. The molecule has 3 saturated carbocycles. The summed E-state index contributed by atoms with van der Waals surface area (Å²) in [6.07, 6.45) is 22.0. The van der Waals surface area contributed by atoms with E-state index in [1.165, 1.54) is 77.0 Å². The van der Waals surface area contributed by atoms with Crippen molar-refractivity contribution in [2.24, 2.45) is 40.4 Å². The molecule has 0 heterocycles. The standard InChI is InChI=1S/C26H44/c1-5-19(2)9-8-11-21-13-15-23-22-14-12-20-10-6-7-17-25(20,3)24(22)16-18-26(21,23)4/h12,19,21-24H,5-11,13-18H2,1-4H3. The van der Waals surface area contributed by atoms with E-state index in [0.29, 0.717) is 10.8 Å². The van der Waals surface area contributed by atoms with Gasteiger partial charge in [0.2, 0.25) is 0 Å². The van der Waals surface area contributed by atoms with E-state index in [-0.39, 0.29) is 0 Å². The summed E-state index contributed by atoms with van der Waals surface area (Å²) < 4.78 is 0. The maximum Gasteiger partial charge on any atom is -0.00853 e. The smallest absolute Gasteiger partial charge is 0.00853 e. The van der Waals surface area contributed by atoms with Crippen molar-refractivity contribution in [3.8, 4) is 0 Å². The predicted molar refractivity (Wildman–Crippen MR) is 113 cm³/mol. The summed E-state index contributed by atoms with van der Waals surface area (Å²) in [5.41, 5.74) is 3.13. The van der Waals surface area contributed by atoms with Crippen LogP contribution >= 0.6 is 0 Å². The van der Waals surface area contributed by atoms with E-state index in [9.17, 15) is 0 Å². The highest BCUT2D eigenvalue weighted by Crippen LogP contribution is 2.66. The molecule has 0 amide bonds. The zero-order chi connectivity index (χ0) is 18.4. The zero-order valence-corrected chi connectivity index (χ0v) is 18.2. The van der Waals surface area contributed by atoms with Crippen LogP contribution in [0.25, 0.3) is 0 Å². The fourth-order valence-electron chi connectivity index (χ4n) is 8.20. The quantitative estimate of drug-likeness (QED) is 0.436. The van der Waals surface area contributed by atoms with Crippen molar-refractivity contribution in [2.75, 3.05) is 0 Å². The first-order chi connectivity index (χ1) is 12.5. The molecule has 148 valence electrons. The summed E-state index contributed by atoms with van der Waals surface area (Å²) in [5.74, 6) is 5.03. The predicted octanol–water partition coefficient (Wildman–Crippen LogP) is 8.17. The molecule has 0 spiro atoms. The second-order valence-electron chi connectivity index (χ2n) is 11.2. The Bertz CT molecular complexity index is 530. The van der Waals surface area contributed by atoms with E-state index in [0.717, 1.165) is 29.6 Å². The molecule has 3 fully saturated rings. The van der Waals surface area contributed by atoms with Gasteiger partial charge < -0.3 is 0 Å². The van der Waals surface area contributed by atoms with E-state index in [2.05, 4.69) is 33.8 Å². The highest BCUT2D eigenvalue weighted by molar-refractivity contribution is 5.24. The lowest BCUT2D eigenvalue weighted by atomic mass is 9.47. The molecule has 0 bridgehead atoms. The van der Waals surface area contributed by atoms with Gasteiger partial charge in [-0.1, -0.05) is 65.0 Å². The fourth-order valence-corrected chi connectivity index (χ4v) is 8.20. The number of fused-ring (bicyclic) bond motifs is 5. The summed E-state index contributed by atoms with van der Waals surface area (Å²) in [4.78, 5) is 0. The van der Waals surface area contributed by atoms with Crippen LogP contribution < -0.4 is 0 Å². The Balaban J connectivity index is 1.47. The number of allylic oxidation sites excluding steroid dienone is 2. The van der Waals surface area contributed by atoms with Crippen molar-refractivity contribution < 1.29 is 0 Å². The molecular formula is C26H44. The Morgan fingerprint density at radius 2 is 1.92 bits per heavy atom. The summed E-state index contributed by atoms with van der Waals surface area (Å²) in [6, 6.07) is 0. The fraction of sp³-hybridized carbons (Fsp3) is 0.923. The molecule has 0 nitrogen and oxygen atoms in total. The molecule has 0 heteroatoms. The van der Waals surface area contributed by atoms with Gasteiger partial charge >= 0.3 is 0 Å². The van der Waals surface area contributed by atoms with Gasteiger partial charge in [0.1, 0.15) is 0 Å². The van der Waals surface area contributed by atoms with Crippen LogP contribution in [0.15, 0.2) is 11.6 Å². The third kappa shape index (κ3) is 3.02. The molecule has 0 aromatic carbocycles. The van der Waals surface area contributed by atoms with E-state index < -0.39 is 0 Å². The second-order valence-corrected chi connectivity index (χ2v) is 11.2. The van der Waals surface area contributed by atoms with Gasteiger partial charge in [0.05, 0.1) is 0 Å². The minimum atomic E-state index is 0.580. The van der Waals surface area contributed by atoms with Crippen molar-refractivity contribution in [1.82, 2.24) is 0 Å². The molecule has 7 atom stereocenters. The van der Waals surface area contributed by atoms with E-state index in [1.54, 1.807) is 6.42 Å². The molecule has 0 radical (unpaired) electrons. The SMILES string of the molecule is CCC(C)CCCC1CCC2C3CC=C4CCCCC4(C)C3CCC12C. The summed E-state index contributed by atoms with van der Waals surface area (Å²) in [7, 11) is 0. The van der Waals surface area contributed by atoms with Crippen molar-refractivity contribution in [3.63, 3.8) is 0 Å². The van der Waals surface area contributed by atoms with Gasteiger partial charge in [0.15, 0.2) is 0 Å². The van der Waals surface area contributed by atoms with Crippen molar-refractivity contribution in [1.29, 1.82) is 0 Å². The topological polar surface area (TPSA) is 0 Å². The van der Waals surface area contributed by atoms with Crippen LogP contribution in [0, 0.1) is 40.4 Å². The van der Waals surface area contributed by atoms with E-state index in [4.69, 9.17) is 0 Å². The summed E-state index contributed by atoms with van der Waals surface area (Å²) >= 11 is 0. The first-order valence-corrected chi connectivity index (χ1v) is 12.2. The van der Waals surface area contributed by atoms with Gasteiger partial charge in [-0.25, -0.2) is 0 Å². The van der Waals surface area contributed by atoms with Crippen molar-refractivity contribution in [3.05, 3.63) is 11.6 Å². The molecule has 4 aliphatic rings. The maximum atomic E-state index is 2.74. The Morgan fingerprint density at radius 1 is 1.08 bits per heavy atom. The molecule has 4 aliphatic carbocycles. The van der Waals surface area contributed by atoms with Gasteiger partial charge in [-0.2, -0.15) is 0 Å². The van der Waals surface area contributed by atoms with Crippen LogP contribution in [0.3, 0.4) is 0 Å². The second kappa shape index (κ2) is 7.29. The summed E-state index contributed by atoms with van der Waals surface area (Å²) in [5, 5.41) is 0. The molecule has 0 aromatic heterocycles. The average Bonchev–Trinajstić information content (AvgIpc) is 2.97. The minimum absolute atomic E-state index is 0.580. The van der Waals surface area contributed by atoms with Crippen molar-refractivity contribution in [2.45, 2.75) is 111 Å². The van der Waals surface area contributed by atoms with Crippen LogP contribution in [0.5, 0.6) is 0 Å². The Hall–Kier alpha value is -0.260. The zero-order valence-electron chi connectivity index (χ0n) is 18.2. The molecule has 7 unspecified atom stereocenters. The maximum absolute atomic E-state index is 2.74. The highest BCUT2D eigenvalue weighted by Gasteiger charge is 2.57. The molecule has 0 N–H and O–H groups in total. The van der Waals surface area contributed by atoms with Crippen molar-refractivity contribution >= 4 is 0 Å². The largest absolute Gasteiger partial charge is 0.0845 e. The first-order valence-electron chi connectivity index (χ1n) is 12.2. The lowest BCUT2D eigenvalue weighted by Crippen LogP contribution is -2.49. The Morgan fingerprint density at radius 3 is 2.73 bits per heavy atom. The number of hydrogen-bond acceptors (Lipinski definition) is 0. The van der Waals surface area contributed by atoms with Gasteiger partial charge in [-0.05, 0) is 98.2 Å². The van der Waals surface area contributed by atoms with Crippen LogP contribution in [0.1, 0.15) is 111 Å². The minimum Gasteiger partial charge on any atom is -0.0845 e. The van der Waals surface area contributed by atoms with Crippen LogP contribution in [0.4, 0.5) is 0 Å². The van der Waals surface area contributed by atoms with Crippen LogP contribution in [0.2, 0.25) is 0 Å². The van der Waals surface area contributed by atoms with Crippen LogP contribution in [-0.4, -0.2) is 0 Å². The van der Waals surface area contributed by atoms with Gasteiger partial charge in [0, 0.05) is 0 Å². The van der Waals surface area contributed by atoms with Crippen LogP contribution in [-0.2, 0) is 0 Å². The molecule has 4 rings (SSSR count). The van der Waals surface area contributed by atoms with E-state index in [1.807, 2.05) is 5.57 Å². The monoisotopic (exact) mass is 356 g/mol.